The Labute approximate surface area is 128 Å². The van der Waals surface area contributed by atoms with Gasteiger partial charge in [0.25, 0.3) is 11.6 Å². The van der Waals surface area contributed by atoms with Crippen LogP contribution in [-0.4, -0.2) is 30.6 Å². The first kappa shape index (κ1) is 17.4. The van der Waals surface area contributed by atoms with Crippen LogP contribution in [0.2, 0.25) is 5.02 Å². The number of halogens is 1. The van der Waals surface area contributed by atoms with Gasteiger partial charge < -0.3 is 10.1 Å². The van der Waals surface area contributed by atoms with Crippen LogP contribution >= 0.6 is 11.6 Å². The van der Waals surface area contributed by atoms with E-state index in [1.807, 2.05) is 0 Å². The lowest BCUT2D eigenvalue weighted by Crippen LogP contribution is -2.25. The van der Waals surface area contributed by atoms with Gasteiger partial charge in [-0.2, -0.15) is 0 Å². The van der Waals surface area contributed by atoms with Gasteiger partial charge in [-0.15, -0.1) is 0 Å². The molecule has 0 saturated heterocycles. The van der Waals surface area contributed by atoms with Crippen molar-refractivity contribution in [2.24, 2.45) is 5.92 Å². The number of nitrogens with one attached hydrogen (secondary N) is 1. The van der Waals surface area contributed by atoms with E-state index in [-0.39, 0.29) is 22.2 Å². The third kappa shape index (κ3) is 6.10. The maximum atomic E-state index is 11.9. The molecule has 0 aromatic heterocycles. The van der Waals surface area contributed by atoms with Crippen LogP contribution in [0.1, 0.15) is 30.6 Å². The van der Waals surface area contributed by atoms with Crippen LogP contribution in [0.3, 0.4) is 0 Å². The number of rotatable bonds is 8. The number of benzene rings is 1. The molecule has 7 heteroatoms. The predicted molar refractivity (Wildman–Crippen MR) is 80.7 cm³/mol. The van der Waals surface area contributed by atoms with Crippen LogP contribution in [0.5, 0.6) is 0 Å². The zero-order chi connectivity index (χ0) is 15.8. The fraction of sp³-hybridized carbons (Fsp3) is 0.500. The largest absolute Gasteiger partial charge is 0.381 e. The van der Waals surface area contributed by atoms with Gasteiger partial charge in [0.05, 0.1) is 15.5 Å². The SMILES string of the molecule is CC(C)COCCCNC(=O)c1ccc([N+](=O)[O-])cc1Cl. The van der Waals surface area contributed by atoms with E-state index in [4.69, 9.17) is 16.3 Å². The molecular formula is C14H19ClN2O4. The summed E-state index contributed by atoms with van der Waals surface area (Å²) < 4.78 is 5.40. The molecule has 0 radical (unpaired) electrons. The Kier molecular flexibility index (Phi) is 7.11. The van der Waals surface area contributed by atoms with E-state index in [9.17, 15) is 14.9 Å². The van der Waals surface area contributed by atoms with Gasteiger partial charge in [-0.05, 0) is 18.4 Å². The summed E-state index contributed by atoms with van der Waals surface area (Å²) in [7, 11) is 0. The highest BCUT2D eigenvalue weighted by Crippen LogP contribution is 2.22. The highest BCUT2D eigenvalue weighted by Gasteiger charge is 2.14. The lowest BCUT2D eigenvalue weighted by atomic mass is 10.2. The second kappa shape index (κ2) is 8.59. The van der Waals surface area contributed by atoms with Crippen LogP contribution in [0.4, 0.5) is 5.69 Å². The molecule has 1 aromatic carbocycles. The molecule has 0 unspecified atom stereocenters. The van der Waals surface area contributed by atoms with Crippen molar-refractivity contribution >= 4 is 23.2 Å². The zero-order valence-corrected chi connectivity index (χ0v) is 12.9. The number of amides is 1. The molecule has 1 aromatic rings. The molecule has 0 bridgehead atoms. The molecule has 116 valence electrons. The minimum absolute atomic E-state index is 0.0674. The molecule has 0 aliphatic carbocycles. The van der Waals surface area contributed by atoms with E-state index in [0.717, 1.165) is 0 Å². The first-order valence-electron chi connectivity index (χ1n) is 6.71. The molecule has 0 aliphatic rings. The Hall–Kier alpha value is -1.66. The molecule has 0 saturated carbocycles. The standard InChI is InChI=1S/C14H19ClN2O4/c1-10(2)9-21-7-3-6-16-14(18)12-5-4-11(17(19)20)8-13(12)15/h4-5,8,10H,3,6-7,9H2,1-2H3,(H,16,18). The van der Waals surface area contributed by atoms with Crippen LogP contribution in [0.15, 0.2) is 18.2 Å². The van der Waals surface area contributed by atoms with E-state index in [1.165, 1.54) is 18.2 Å². The first-order chi connectivity index (χ1) is 9.91. The monoisotopic (exact) mass is 314 g/mol. The normalized spacial score (nSPS) is 10.7. The van der Waals surface area contributed by atoms with Crippen molar-refractivity contribution in [2.45, 2.75) is 20.3 Å². The Morgan fingerprint density at radius 1 is 1.48 bits per heavy atom. The van der Waals surface area contributed by atoms with E-state index in [1.54, 1.807) is 0 Å². The summed E-state index contributed by atoms with van der Waals surface area (Å²) in [5.74, 6) is 0.136. The van der Waals surface area contributed by atoms with Gasteiger partial charge >= 0.3 is 0 Å². The molecule has 6 nitrogen and oxygen atoms in total. The molecule has 21 heavy (non-hydrogen) atoms. The van der Waals surface area contributed by atoms with Gasteiger partial charge in [-0.1, -0.05) is 25.4 Å². The second-order valence-electron chi connectivity index (χ2n) is 5.00. The third-order valence-corrected chi connectivity index (χ3v) is 2.92. The summed E-state index contributed by atoms with van der Waals surface area (Å²) in [6, 6.07) is 3.78. The number of ether oxygens (including phenoxy) is 1. The molecule has 0 fully saturated rings. The Morgan fingerprint density at radius 3 is 2.76 bits per heavy atom. The highest BCUT2D eigenvalue weighted by molar-refractivity contribution is 6.34. The van der Waals surface area contributed by atoms with Crippen molar-refractivity contribution in [2.75, 3.05) is 19.8 Å². The highest BCUT2D eigenvalue weighted by atomic mass is 35.5. The van der Waals surface area contributed by atoms with Crippen molar-refractivity contribution < 1.29 is 14.5 Å². The lowest BCUT2D eigenvalue weighted by Gasteiger charge is -2.08. The lowest BCUT2D eigenvalue weighted by molar-refractivity contribution is -0.384. The predicted octanol–water partition coefficient (Wildman–Crippen LogP) is 3.04. The van der Waals surface area contributed by atoms with Crippen molar-refractivity contribution in [3.05, 3.63) is 38.9 Å². The fourth-order valence-corrected chi connectivity index (χ4v) is 1.85. The number of nitrogens with zero attached hydrogens (tertiary/aromatic N) is 1. The van der Waals surface area contributed by atoms with Gasteiger partial charge in [-0.25, -0.2) is 0 Å². The molecule has 1 amide bonds. The van der Waals surface area contributed by atoms with Crippen molar-refractivity contribution in [1.82, 2.24) is 5.32 Å². The van der Waals surface area contributed by atoms with E-state index >= 15 is 0 Å². The molecule has 1 N–H and O–H groups in total. The van der Waals surface area contributed by atoms with Gasteiger partial charge in [0, 0.05) is 31.9 Å². The van der Waals surface area contributed by atoms with Crippen LogP contribution in [-0.2, 0) is 4.74 Å². The van der Waals surface area contributed by atoms with E-state index < -0.39 is 4.92 Å². The maximum absolute atomic E-state index is 11.9. The summed E-state index contributed by atoms with van der Waals surface area (Å²) in [4.78, 5) is 21.9. The Balaban J connectivity index is 2.40. The number of carbonyl (C=O) groups is 1. The van der Waals surface area contributed by atoms with Gasteiger partial charge in [-0.3, -0.25) is 14.9 Å². The summed E-state index contributed by atoms with van der Waals surface area (Å²) in [5.41, 5.74) is 0.0870. The number of nitro benzene ring substituents is 1. The minimum Gasteiger partial charge on any atom is -0.381 e. The number of nitro groups is 1. The number of carbonyl (C=O) groups excluding carboxylic acids is 1. The summed E-state index contributed by atoms with van der Waals surface area (Å²) in [6.45, 7) is 5.87. The number of hydrogen-bond acceptors (Lipinski definition) is 4. The number of non-ortho nitro benzene ring substituents is 1. The summed E-state index contributed by atoms with van der Waals surface area (Å²) in [6.07, 6.45) is 0.697. The molecule has 0 spiro atoms. The average Bonchev–Trinajstić information content (AvgIpc) is 2.41. The molecule has 0 aliphatic heterocycles. The molecular weight excluding hydrogens is 296 g/mol. The maximum Gasteiger partial charge on any atom is 0.270 e. The summed E-state index contributed by atoms with van der Waals surface area (Å²) in [5, 5.41) is 13.4. The zero-order valence-electron chi connectivity index (χ0n) is 12.1. The van der Waals surface area contributed by atoms with Crippen molar-refractivity contribution in [3.8, 4) is 0 Å². The Bertz CT molecular complexity index is 506. The van der Waals surface area contributed by atoms with Crippen LogP contribution in [0.25, 0.3) is 0 Å². The molecule has 1 rings (SSSR count). The molecule has 0 heterocycles. The third-order valence-electron chi connectivity index (χ3n) is 2.61. The quantitative estimate of drug-likeness (QED) is 0.454. The average molecular weight is 315 g/mol. The van der Waals surface area contributed by atoms with E-state index in [2.05, 4.69) is 19.2 Å². The molecule has 0 atom stereocenters. The van der Waals surface area contributed by atoms with Crippen LogP contribution in [0, 0.1) is 16.0 Å². The first-order valence-corrected chi connectivity index (χ1v) is 7.09. The minimum atomic E-state index is -0.556. The Morgan fingerprint density at radius 2 is 2.19 bits per heavy atom. The summed E-state index contributed by atoms with van der Waals surface area (Å²) >= 11 is 5.88. The van der Waals surface area contributed by atoms with Crippen molar-refractivity contribution in [3.63, 3.8) is 0 Å². The van der Waals surface area contributed by atoms with Gasteiger partial charge in [0.2, 0.25) is 0 Å². The van der Waals surface area contributed by atoms with Crippen LogP contribution < -0.4 is 5.32 Å². The second-order valence-corrected chi connectivity index (χ2v) is 5.41. The fourth-order valence-electron chi connectivity index (χ4n) is 1.59. The van der Waals surface area contributed by atoms with Gasteiger partial charge in [0.15, 0.2) is 0 Å². The van der Waals surface area contributed by atoms with Crippen molar-refractivity contribution in [1.29, 1.82) is 0 Å². The van der Waals surface area contributed by atoms with Gasteiger partial charge in [0.1, 0.15) is 0 Å². The topological polar surface area (TPSA) is 81.5 Å². The van der Waals surface area contributed by atoms with E-state index in [0.29, 0.717) is 32.1 Å². The smallest absolute Gasteiger partial charge is 0.270 e. The number of hydrogen-bond donors (Lipinski definition) is 1.